The lowest BCUT2D eigenvalue weighted by Gasteiger charge is -2.14. The number of nitrogens with one attached hydrogen (secondary N) is 1. The van der Waals surface area contributed by atoms with E-state index in [1.165, 1.54) is 0 Å². The van der Waals surface area contributed by atoms with Gasteiger partial charge in [0, 0.05) is 25.5 Å². The molecule has 0 radical (unpaired) electrons. The first-order valence-electron chi connectivity index (χ1n) is 9.68. The molecule has 2 aromatic heterocycles. The summed E-state index contributed by atoms with van der Waals surface area (Å²) in [5.41, 5.74) is 3.16. The predicted octanol–water partition coefficient (Wildman–Crippen LogP) is 3.48. The van der Waals surface area contributed by atoms with E-state index in [9.17, 15) is 14.9 Å². The Bertz CT molecular complexity index is 1140. The molecule has 2 heterocycles. The molecule has 1 amide bonds. The third-order valence-electron chi connectivity index (χ3n) is 5.03. The van der Waals surface area contributed by atoms with Gasteiger partial charge in [-0.15, -0.1) is 0 Å². The maximum absolute atomic E-state index is 12.5. The Morgan fingerprint density at radius 1 is 1.23 bits per heavy atom. The summed E-state index contributed by atoms with van der Waals surface area (Å²) in [5, 5.41) is 12.3. The number of anilines is 2. The average Bonchev–Trinajstić information content (AvgIpc) is 3.35. The lowest BCUT2D eigenvalue weighted by molar-refractivity contribution is -0.119. The van der Waals surface area contributed by atoms with Crippen molar-refractivity contribution < 1.29 is 18.7 Å². The SMILES string of the molecule is Cc1c(C#N)c(NC(=O)COC(=O)c2cccc(N(C)C)c2)n(Cc2ccco2)c1C. The molecule has 0 unspecified atom stereocenters. The standard InChI is InChI=1S/C23H24N4O4/c1-15-16(2)27(13-19-9-6-10-30-19)22(20(15)12-24)25-21(28)14-31-23(29)17-7-5-8-18(11-17)26(3)4/h5-11H,13-14H2,1-4H3,(H,25,28). The third-order valence-corrected chi connectivity index (χ3v) is 5.03. The number of carbonyl (C=O) groups excluding carboxylic acids is 2. The molecule has 1 aromatic carbocycles. The summed E-state index contributed by atoms with van der Waals surface area (Å²) in [5.74, 6) is -0.0978. The van der Waals surface area contributed by atoms with Gasteiger partial charge in [0.15, 0.2) is 6.61 Å². The summed E-state index contributed by atoms with van der Waals surface area (Å²) < 4.78 is 12.4. The summed E-state index contributed by atoms with van der Waals surface area (Å²) in [7, 11) is 3.74. The smallest absolute Gasteiger partial charge is 0.338 e. The highest BCUT2D eigenvalue weighted by Crippen LogP contribution is 2.27. The molecule has 160 valence electrons. The van der Waals surface area contributed by atoms with E-state index in [2.05, 4.69) is 11.4 Å². The highest BCUT2D eigenvalue weighted by Gasteiger charge is 2.21. The first kappa shape index (κ1) is 21.7. The lowest BCUT2D eigenvalue weighted by atomic mass is 10.2. The molecule has 0 aliphatic carbocycles. The van der Waals surface area contributed by atoms with Crippen molar-refractivity contribution in [2.75, 3.05) is 30.9 Å². The molecule has 0 spiro atoms. The predicted molar refractivity (Wildman–Crippen MR) is 116 cm³/mol. The Balaban J connectivity index is 1.73. The summed E-state index contributed by atoms with van der Waals surface area (Å²) in [6.45, 7) is 3.57. The number of aromatic nitrogens is 1. The van der Waals surface area contributed by atoms with E-state index < -0.39 is 18.5 Å². The van der Waals surface area contributed by atoms with Gasteiger partial charge < -0.3 is 23.9 Å². The van der Waals surface area contributed by atoms with Crippen LogP contribution in [0.3, 0.4) is 0 Å². The van der Waals surface area contributed by atoms with Crippen molar-refractivity contribution in [1.29, 1.82) is 5.26 Å². The van der Waals surface area contributed by atoms with Gasteiger partial charge in [-0.1, -0.05) is 6.07 Å². The normalized spacial score (nSPS) is 10.4. The first-order valence-corrected chi connectivity index (χ1v) is 9.68. The lowest BCUT2D eigenvalue weighted by Crippen LogP contribution is -2.23. The number of nitrogens with zero attached hydrogens (tertiary/aromatic N) is 3. The van der Waals surface area contributed by atoms with E-state index in [4.69, 9.17) is 9.15 Å². The maximum atomic E-state index is 12.5. The van der Waals surface area contributed by atoms with Crippen molar-refractivity contribution in [2.24, 2.45) is 0 Å². The fraction of sp³-hybridized carbons (Fsp3) is 0.261. The molecule has 8 heteroatoms. The highest BCUT2D eigenvalue weighted by atomic mass is 16.5. The number of carbonyl (C=O) groups is 2. The Hall–Kier alpha value is -3.99. The molecule has 3 rings (SSSR count). The van der Waals surface area contributed by atoms with Crippen molar-refractivity contribution in [3.8, 4) is 6.07 Å². The van der Waals surface area contributed by atoms with Crippen molar-refractivity contribution in [1.82, 2.24) is 4.57 Å². The Kier molecular flexibility index (Phi) is 6.46. The zero-order chi connectivity index (χ0) is 22.5. The molecule has 0 atom stereocenters. The molecule has 3 aromatic rings. The van der Waals surface area contributed by atoms with E-state index >= 15 is 0 Å². The molecule has 0 saturated carbocycles. The van der Waals surface area contributed by atoms with Crippen LogP contribution in [0.15, 0.2) is 47.1 Å². The number of esters is 1. The topological polar surface area (TPSA) is 100 Å². The summed E-state index contributed by atoms with van der Waals surface area (Å²) in [6, 6.07) is 12.7. The van der Waals surface area contributed by atoms with Gasteiger partial charge in [0.2, 0.25) is 0 Å². The summed E-state index contributed by atoms with van der Waals surface area (Å²) in [6.07, 6.45) is 1.56. The Morgan fingerprint density at radius 3 is 2.65 bits per heavy atom. The van der Waals surface area contributed by atoms with Crippen molar-refractivity contribution in [3.63, 3.8) is 0 Å². The maximum Gasteiger partial charge on any atom is 0.338 e. The molecule has 8 nitrogen and oxygen atoms in total. The quantitative estimate of drug-likeness (QED) is 0.588. The number of furan rings is 1. The van der Waals surface area contributed by atoms with Gasteiger partial charge in [-0.3, -0.25) is 4.79 Å². The van der Waals surface area contributed by atoms with E-state index in [1.807, 2.05) is 45.0 Å². The summed E-state index contributed by atoms with van der Waals surface area (Å²) >= 11 is 0. The number of hydrogen-bond donors (Lipinski definition) is 1. The monoisotopic (exact) mass is 420 g/mol. The van der Waals surface area contributed by atoms with Crippen LogP contribution in [0.1, 0.15) is 32.9 Å². The molecule has 0 bridgehead atoms. The van der Waals surface area contributed by atoms with Crippen LogP contribution < -0.4 is 10.2 Å². The average molecular weight is 420 g/mol. The van der Waals surface area contributed by atoms with Gasteiger partial charge in [0.05, 0.1) is 23.9 Å². The van der Waals surface area contributed by atoms with Crippen LogP contribution in [0.4, 0.5) is 11.5 Å². The largest absolute Gasteiger partial charge is 0.467 e. The van der Waals surface area contributed by atoms with Crippen LogP contribution >= 0.6 is 0 Å². The van der Waals surface area contributed by atoms with Crippen molar-refractivity contribution in [3.05, 3.63) is 70.8 Å². The second-order valence-electron chi connectivity index (χ2n) is 7.28. The van der Waals surface area contributed by atoms with Gasteiger partial charge in [-0.25, -0.2) is 4.79 Å². The molecule has 1 N–H and O–H groups in total. The van der Waals surface area contributed by atoms with Gasteiger partial charge in [-0.2, -0.15) is 5.26 Å². The first-order chi connectivity index (χ1) is 14.8. The number of amides is 1. The van der Waals surface area contributed by atoms with Crippen LogP contribution in [0.5, 0.6) is 0 Å². The van der Waals surface area contributed by atoms with Gasteiger partial charge >= 0.3 is 5.97 Å². The van der Waals surface area contributed by atoms with Crippen molar-refractivity contribution >= 4 is 23.4 Å². The van der Waals surface area contributed by atoms with E-state index in [0.717, 1.165) is 16.9 Å². The van der Waals surface area contributed by atoms with Crippen LogP contribution in [0.25, 0.3) is 0 Å². The Morgan fingerprint density at radius 2 is 2.00 bits per heavy atom. The van der Waals surface area contributed by atoms with E-state index in [1.54, 1.807) is 35.1 Å². The highest BCUT2D eigenvalue weighted by molar-refractivity contribution is 5.96. The molecular weight excluding hydrogens is 396 g/mol. The molecule has 0 aliphatic heterocycles. The molecule has 0 fully saturated rings. The van der Waals surface area contributed by atoms with Gasteiger partial charge in [-0.05, 0) is 49.7 Å². The number of rotatable bonds is 7. The van der Waals surface area contributed by atoms with Crippen LogP contribution in [0, 0.1) is 25.2 Å². The third kappa shape index (κ3) is 4.78. The molecule has 0 saturated heterocycles. The second-order valence-corrected chi connectivity index (χ2v) is 7.28. The van der Waals surface area contributed by atoms with Crippen LogP contribution in [-0.2, 0) is 16.1 Å². The van der Waals surface area contributed by atoms with Gasteiger partial charge in [0.25, 0.3) is 5.91 Å². The van der Waals surface area contributed by atoms with Crippen LogP contribution in [-0.4, -0.2) is 37.1 Å². The minimum absolute atomic E-state index is 0.351. The molecular formula is C23H24N4O4. The number of hydrogen-bond acceptors (Lipinski definition) is 6. The number of nitriles is 1. The second kappa shape index (κ2) is 9.22. The zero-order valence-corrected chi connectivity index (χ0v) is 17.9. The summed E-state index contributed by atoms with van der Waals surface area (Å²) in [4.78, 5) is 26.7. The van der Waals surface area contributed by atoms with E-state index in [0.29, 0.717) is 29.2 Å². The van der Waals surface area contributed by atoms with Gasteiger partial charge in [0.1, 0.15) is 17.6 Å². The number of benzene rings is 1. The molecule has 31 heavy (non-hydrogen) atoms. The Labute approximate surface area is 180 Å². The minimum atomic E-state index is -0.599. The van der Waals surface area contributed by atoms with Crippen LogP contribution in [0.2, 0.25) is 0 Å². The zero-order valence-electron chi connectivity index (χ0n) is 17.9. The minimum Gasteiger partial charge on any atom is -0.467 e. The van der Waals surface area contributed by atoms with Crippen molar-refractivity contribution in [2.45, 2.75) is 20.4 Å². The number of ether oxygens (including phenoxy) is 1. The molecule has 0 aliphatic rings. The van der Waals surface area contributed by atoms with E-state index in [-0.39, 0.29) is 0 Å². The fourth-order valence-corrected chi connectivity index (χ4v) is 3.18. The fourth-order valence-electron chi connectivity index (χ4n) is 3.18.